The summed E-state index contributed by atoms with van der Waals surface area (Å²) in [6.45, 7) is 1.96. The molecule has 0 amide bonds. The molecule has 0 aromatic heterocycles. The lowest BCUT2D eigenvalue weighted by Gasteiger charge is -2.34. The third-order valence-corrected chi connectivity index (χ3v) is 6.30. The van der Waals surface area contributed by atoms with Crippen molar-refractivity contribution < 1.29 is 4.74 Å². The average Bonchev–Trinajstić information content (AvgIpc) is 3.28. The zero-order chi connectivity index (χ0) is 18.5. The maximum absolute atomic E-state index is 5.66. The Morgan fingerprint density at radius 3 is 2.56 bits per heavy atom. The van der Waals surface area contributed by atoms with Gasteiger partial charge in [-0.25, -0.2) is 0 Å². The van der Waals surface area contributed by atoms with Gasteiger partial charge in [0.05, 0.1) is 7.11 Å². The van der Waals surface area contributed by atoms with E-state index in [2.05, 4.69) is 59.2 Å². The smallest absolute Gasteiger partial charge is 0.123 e. The molecule has 144 valence electrons. The first-order chi connectivity index (χ1) is 13.3. The molecule has 2 atom stereocenters. The van der Waals surface area contributed by atoms with Crippen molar-refractivity contribution in [3.05, 3.63) is 65.2 Å². The van der Waals surface area contributed by atoms with Crippen LogP contribution in [0.4, 0.5) is 0 Å². The molecule has 2 fully saturated rings. The largest absolute Gasteiger partial charge is 0.496 e. The predicted octanol–water partition coefficient (Wildman–Crippen LogP) is 4.94. The van der Waals surface area contributed by atoms with Crippen molar-refractivity contribution in [2.75, 3.05) is 13.7 Å². The van der Waals surface area contributed by atoms with Crippen molar-refractivity contribution in [2.45, 2.75) is 63.1 Å². The van der Waals surface area contributed by atoms with Crippen LogP contribution in [0.2, 0.25) is 0 Å². The highest BCUT2D eigenvalue weighted by Gasteiger charge is 2.26. The summed E-state index contributed by atoms with van der Waals surface area (Å²) < 4.78 is 5.66. The van der Waals surface area contributed by atoms with Crippen molar-refractivity contribution in [2.24, 2.45) is 0 Å². The van der Waals surface area contributed by atoms with Gasteiger partial charge in [0.2, 0.25) is 0 Å². The van der Waals surface area contributed by atoms with E-state index in [1.54, 1.807) is 7.11 Å². The Hall–Kier alpha value is -1.84. The molecular formula is C24H32N2O. The van der Waals surface area contributed by atoms with Crippen LogP contribution in [0.25, 0.3) is 0 Å². The Balaban J connectivity index is 1.48. The second-order valence-corrected chi connectivity index (χ2v) is 8.02. The zero-order valence-corrected chi connectivity index (χ0v) is 16.4. The molecule has 1 saturated carbocycles. The minimum Gasteiger partial charge on any atom is -0.496 e. The maximum Gasteiger partial charge on any atom is 0.123 e. The van der Waals surface area contributed by atoms with Gasteiger partial charge < -0.3 is 15.4 Å². The first-order valence-corrected chi connectivity index (χ1v) is 10.5. The molecule has 4 rings (SSSR count). The van der Waals surface area contributed by atoms with Gasteiger partial charge in [0.1, 0.15) is 5.75 Å². The van der Waals surface area contributed by atoms with Crippen LogP contribution in [0, 0.1) is 0 Å². The van der Waals surface area contributed by atoms with E-state index in [4.69, 9.17) is 4.74 Å². The molecule has 1 aliphatic carbocycles. The second-order valence-electron chi connectivity index (χ2n) is 8.02. The van der Waals surface area contributed by atoms with Crippen molar-refractivity contribution in [3.8, 4) is 5.75 Å². The Labute approximate surface area is 163 Å². The minimum atomic E-state index is 0.379. The fourth-order valence-electron chi connectivity index (χ4n) is 4.81. The van der Waals surface area contributed by atoms with Gasteiger partial charge in [0.25, 0.3) is 0 Å². The fraction of sp³-hybridized carbons (Fsp3) is 0.500. The quantitative estimate of drug-likeness (QED) is 0.762. The number of rotatable bonds is 6. The average molecular weight is 365 g/mol. The summed E-state index contributed by atoms with van der Waals surface area (Å²) in [6, 6.07) is 18.5. The number of nitrogens with one attached hydrogen (secondary N) is 2. The maximum atomic E-state index is 5.66. The van der Waals surface area contributed by atoms with Gasteiger partial charge in [-0.3, -0.25) is 0 Å². The van der Waals surface area contributed by atoms with Crippen molar-refractivity contribution in [1.82, 2.24) is 10.6 Å². The summed E-state index contributed by atoms with van der Waals surface area (Å²) >= 11 is 0. The molecule has 27 heavy (non-hydrogen) atoms. The first-order valence-electron chi connectivity index (χ1n) is 10.5. The number of benzene rings is 2. The third kappa shape index (κ3) is 4.36. The lowest BCUT2D eigenvalue weighted by atomic mass is 9.91. The number of methoxy groups -OCH3 is 1. The Morgan fingerprint density at radius 1 is 0.963 bits per heavy atom. The summed E-state index contributed by atoms with van der Waals surface area (Å²) in [5.74, 6) is 1.74. The highest BCUT2D eigenvalue weighted by Crippen LogP contribution is 2.36. The van der Waals surface area contributed by atoms with E-state index >= 15 is 0 Å². The standard InChI is InChI=1S/C24H32N2O/c1-27-23-14-13-20(18-8-5-6-9-18)16-21(23)17-26-22-12-7-15-25-24(22)19-10-3-2-4-11-19/h2-4,10-11,13-14,16,18,22,24-26H,5-9,12,15,17H2,1H3/t22-,24-/m1/s1. The van der Waals surface area contributed by atoms with Crippen LogP contribution in [0.5, 0.6) is 5.75 Å². The lowest BCUT2D eigenvalue weighted by molar-refractivity contribution is 0.303. The number of ether oxygens (including phenoxy) is 1. The summed E-state index contributed by atoms with van der Waals surface area (Å²) in [5.41, 5.74) is 4.16. The van der Waals surface area contributed by atoms with Crippen LogP contribution in [0.1, 0.15) is 67.2 Å². The molecule has 1 heterocycles. The molecule has 2 aromatic rings. The van der Waals surface area contributed by atoms with E-state index in [-0.39, 0.29) is 0 Å². The van der Waals surface area contributed by atoms with Gasteiger partial charge in [0, 0.05) is 24.2 Å². The molecule has 1 aliphatic heterocycles. The van der Waals surface area contributed by atoms with E-state index in [0.717, 1.165) is 24.8 Å². The Bertz CT molecular complexity index is 724. The van der Waals surface area contributed by atoms with Crippen LogP contribution in [0.15, 0.2) is 48.5 Å². The minimum absolute atomic E-state index is 0.379. The topological polar surface area (TPSA) is 33.3 Å². The monoisotopic (exact) mass is 364 g/mol. The molecule has 0 spiro atoms. The number of hydrogen-bond donors (Lipinski definition) is 2. The molecule has 2 N–H and O–H groups in total. The zero-order valence-electron chi connectivity index (χ0n) is 16.4. The summed E-state index contributed by atoms with van der Waals surface area (Å²) in [7, 11) is 1.78. The van der Waals surface area contributed by atoms with Gasteiger partial charge >= 0.3 is 0 Å². The molecule has 0 radical (unpaired) electrons. The van der Waals surface area contributed by atoms with Crippen LogP contribution in [0.3, 0.4) is 0 Å². The Morgan fingerprint density at radius 2 is 1.78 bits per heavy atom. The predicted molar refractivity (Wildman–Crippen MR) is 111 cm³/mol. The third-order valence-electron chi connectivity index (χ3n) is 6.30. The summed E-state index contributed by atoms with van der Waals surface area (Å²) in [4.78, 5) is 0. The molecular weight excluding hydrogens is 332 g/mol. The van der Waals surface area contributed by atoms with E-state index in [1.165, 1.54) is 55.2 Å². The lowest BCUT2D eigenvalue weighted by Crippen LogP contribution is -2.45. The second kappa shape index (κ2) is 8.90. The van der Waals surface area contributed by atoms with Crippen LogP contribution >= 0.6 is 0 Å². The molecule has 0 bridgehead atoms. The van der Waals surface area contributed by atoms with Gasteiger partial charge in [-0.15, -0.1) is 0 Å². The van der Waals surface area contributed by atoms with Gasteiger partial charge in [-0.2, -0.15) is 0 Å². The molecule has 3 heteroatoms. The van der Waals surface area contributed by atoms with E-state index in [9.17, 15) is 0 Å². The first kappa shape index (κ1) is 18.5. The molecule has 1 saturated heterocycles. The van der Waals surface area contributed by atoms with Crippen LogP contribution < -0.4 is 15.4 Å². The summed E-state index contributed by atoms with van der Waals surface area (Å²) in [6.07, 6.45) is 7.84. The summed E-state index contributed by atoms with van der Waals surface area (Å²) in [5, 5.41) is 7.55. The van der Waals surface area contributed by atoms with Gasteiger partial charge in [-0.05, 0) is 55.3 Å². The van der Waals surface area contributed by atoms with Crippen LogP contribution in [-0.4, -0.2) is 19.7 Å². The Kier molecular flexibility index (Phi) is 6.10. The van der Waals surface area contributed by atoms with Crippen molar-refractivity contribution in [3.63, 3.8) is 0 Å². The van der Waals surface area contributed by atoms with Crippen LogP contribution in [-0.2, 0) is 6.54 Å². The fourth-order valence-corrected chi connectivity index (χ4v) is 4.81. The molecule has 2 aliphatic rings. The van der Waals surface area contributed by atoms with Gasteiger partial charge in [-0.1, -0.05) is 55.3 Å². The SMILES string of the molecule is COc1ccc(C2CCCC2)cc1CN[C@@H]1CCCN[C@@H]1c1ccccc1. The van der Waals surface area contributed by atoms with Gasteiger partial charge in [0.15, 0.2) is 0 Å². The van der Waals surface area contributed by atoms with Crippen molar-refractivity contribution >= 4 is 0 Å². The van der Waals surface area contributed by atoms with Crippen molar-refractivity contribution in [1.29, 1.82) is 0 Å². The molecule has 0 unspecified atom stereocenters. The highest BCUT2D eigenvalue weighted by atomic mass is 16.5. The van der Waals surface area contributed by atoms with E-state index in [0.29, 0.717) is 12.1 Å². The number of hydrogen-bond acceptors (Lipinski definition) is 3. The number of piperidine rings is 1. The molecule has 2 aromatic carbocycles. The highest BCUT2D eigenvalue weighted by molar-refractivity contribution is 5.39. The molecule has 3 nitrogen and oxygen atoms in total. The van der Waals surface area contributed by atoms with E-state index in [1.807, 2.05) is 0 Å². The normalized spacial score (nSPS) is 23.4. The van der Waals surface area contributed by atoms with E-state index < -0.39 is 0 Å².